The molecule has 0 radical (unpaired) electrons. The lowest BCUT2D eigenvalue weighted by atomic mass is 10.4. The van der Waals surface area contributed by atoms with E-state index in [1.807, 2.05) is 0 Å². The molecule has 0 fully saturated rings. The topological polar surface area (TPSA) is 105 Å². The van der Waals surface area contributed by atoms with E-state index < -0.39 is 5.91 Å². The number of primary amides is 1. The number of rotatable bonds is 1. The SMILES string of the molecule is NC(=O)c1cc[nH]n1.Oc1ccco1. The van der Waals surface area contributed by atoms with Crippen LogP contribution in [0.15, 0.2) is 35.1 Å². The van der Waals surface area contributed by atoms with Gasteiger partial charge in [0.1, 0.15) is 5.69 Å². The van der Waals surface area contributed by atoms with Crippen molar-refractivity contribution < 1.29 is 14.3 Å². The minimum absolute atomic E-state index is 0.0324. The first-order valence-corrected chi connectivity index (χ1v) is 3.72. The lowest BCUT2D eigenvalue weighted by Crippen LogP contribution is -2.10. The smallest absolute Gasteiger partial charge is 0.281 e. The molecular formula is C8H9N3O3. The summed E-state index contributed by atoms with van der Waals surface area (Å²) in [5.41, 5.74) is 5.11. The fraction of sp³-hybridized carbons (Fsp3) is 0. The molecule has 2 heterocycles. The molecule has 0 spiro atoms. The lowest BCUT2D eigenvalue weighted by molar-refractivity contribution is 0.0995. The fourth-order valence-corrected chi connectivity index (χ4v) is 0.667. The van der Waals surface area contributed by atoms with Gasteiger partial charge < -0.3 is 15.3 Å². The average Bonchev–Trinajstić information content (AvgIpc) is 2.75. The molecule has 2 aromatic rings. The number of aromatic nitrogens is 2. The summed E-state index contributed by atoms with van der Waals surface area (Å²) in [6.45, 7) is 0. The number of aromatic hydroxyl groups is 1. The Bertz CT molecular complexity index is 366. The third-order valence-corrected chi connectivity index (χ3v) is 1.26. The van der Waals surface area contributed by atoms with E-state index in [4.69, 9.17) is 10.8 Å². The van der Waals surface area contributed by atoms with Gasteiger partial charge in [-0.05, 0) is 12.1 Å². The minimum Gasteiger partial charge on any atom is -0.481 e. The Hall–Kier alpha value is -2.24. The van der Waals surface area contributed by atoms with Crippen LogP contribution in [0.3, 0.4) is 0 Å². The van der Waals surface area contributed by atoms with Crippen LogP contribution in [0.4, 0.5) is 0 Å². The average molecular weight is 195 g/mol. The minimum atomic E-state index is -0.508. The van der Waals surface area contributed by atoms with Crippen molar-refractivity contribution in [3.05, 3.63) is 36.4 Å². The number of H-pyrrole nitrogens is 1. The largest absolute Gasteiger partial charge is 0.481 e. The fourth-order valence-electron chi connectivity index (χ4n) is 0.667. The summed E-state index contributed by atoms with van der Waals surface area (Å²) in [4.78, 5) is 10.2. The van der Waals surface area contributed by atoms with Gasteiger partial charge in [-0.25, -0.2) is 0 Å². The Balaban J connectivity index is 0.000000146. The molecule has 74 valence electrons. The van der Waals surface area contributed by atoms with Crippen LogP contribution in [0.5, 0.6) is 5.95 Å². The molecule has 0 aliphatic heterocycles. The van der Waals surface area contributed by atoms with E-state index in [1.165, 1.54) is 18.4 Å². The zero-order valence-corrected chi connectivity index (χ0v) is 7.18. The van der Waals surface area contributed by atoms with Gasteiger partial charge in [0.25, 0.3) is 11.9 Å². The van der Waals surface area contributed by atoms with Crippen LogP contribution in [0.2, 0.25) is 0 Å². The number of nitrogens with one attached hydrogen (secondary N) is 1. The van der Waals surface area contributed by atoms with Crippen molar-refractivity contribution in [3.63, 3.8) is 0 Å². The molecule has 2 rings (SSSR count). The molecule has 0 aliphatic rings. The number of hydrogen-bond donors (Lipinski definition) is 3. The summed E-state index contributed by atoms with van der Waals surface area (Å²) >= 11 is 0. The summed E-state index contributed by atoms with van der Waals surface area (Å²) < 4.78 is 4.39. The van der Waals surface area contributed by atoms with E-state index in [1.54, 1.807) is 12.3 Å². The second kappa shape index (κ2) is 4.70. The maximum Gasteiger partial charge on any atom is 0.281 e. The first kappa shape index (κ1) is 9.85. The van der Waals surface area contributed by atoms with Gasteiger partial charge in [0.05, 0.1) is 6.26 Å². The van der Waals surface area contributed by atoms with Crippen molar-refractivity contribution in [2.75, 3.05) is 0 Å². The number of hydrogen-bond acceptors (Lipinski definition) is 4. The third-order valence-electron chi connectivity index (χ3n) is 1.26. The van der Waals surface area contributed by atoms with Gasteiger partial charge in [-0.15, -0.1) is 0 Å². The van der Waals surface area contributed by atoms with Crippen LogP contribution in [0.1, 0.15) is 10.5 Å². The number of nitrogens with zero attached hydrogens (tertiary/aromatic N) is 1. The molecule has 0 saturated heterocycles. The lowest BCUT2D eigenvalue weighted by Gasteiger charge is -1.78. The Morgan fingerprint density at radius 2 is 2.36 bits per heavy atom. The molecule has 6 nitrogen and oxygen atoms in total. The number of carbonyl (C=O) groups is 1. The zero-order valence-electron chi connectivity index (χ0n) is 7.18. The molecule has 6 heteroatoms. The van der Waals surface area contributed by atoms with Crippen LogP contribution in [-0.2, 0) is 0 Å². The molecule has 1 amide bonds. The van der Waals surface area contributed by atoms with Gasteiger partial charge in [0.15, 0.2) is 0 Å². The predicted octanol–water partition coefficient (Wildman–Crippen LogP) is 0.494. The maximum atomic E-state index is 10.2. The highest BCUT2D eigenvalue weighted by atomic mass is 16.5. The second-order valence-electron chi connectivity index (χ2n) is 2.28. The molecule has 0 atom stereocenters. The summed E-state index contributed by atoms with van der Waals surface area (Å²) in [5, 5.41) is 14.3. The molecule has 14 heavy (non-hydrogen) atoms. The van der Waals surface area contributed by atoms with E-state index >= 15 is 0 Å². The van der Waals surface area contributed by atoms with Crippen molar-refractivity contribution >= 4 is 5.91 Å². The normalized spacial score (nSPS) is 8.86. The number of carbonyl (C=O) groups excluding carboxylic acids is 1. The van der Waals surface area contributed by atoms with Crippen LogP contribution in [0.25, 0.3) is 0 Å². The van der Waals surface area contributed by atoms with Crippen molar-refractivity contribution in [3.8, 4) is 5.95 Å². The van der Waals surface area contributed by atoms with Crippen LogP contribution in [-0.4, -0.2) is 21.2 Å². The molecule has 0 aliphatic carbocycles. The Kier molecular flexibility index (Phi) is 3.31. The van der Waals surface area contributed by atoms with Crippen molar-refractivity contribution in [1.29, 1.82) is 0 Å². The number of nitrogens with two attached hydrogens (primary N) is 1. The Morgan fingerprint density at radius 3 is 2.57 bits per heavy atom. The Labute approximate surface area is 79.3 Å². The van der Waals surface area contributed by atoms with Crippen molar-refractivity contribution in [1.82, 2.24) is 10.2 Å². The van der Waals surface area contributed by atoms with Gasteiger partial charge in [-0.2, -0.15) is 5.10 Å². The molecule has 0 unspecified atom stereocenters. The van der Waals surface area contributed by atoms with Gasteiger partial charge in [0, 0.05) is 12.3 Å². The predicted molar refractivity (Wildman–Crippen MR) is 47.5 cm³/mol. The van der Waals surface area contributed by atoms with Gasteiger partial charge in [-0.1, -0.05) is 0 Å². The van der Waals surface area contributed by atoms with E-state index in [0.29, 0.717) is 0 Å². The zero-order chi connectivity index (χ0) is 10.4. The van der Waals surface area contributed by atoms with E-state index in [9.17, 15) is 4.79 Å². The van der Waals surface area contributed by atoms with Crippen molar-refractivity contribution in [2.45, 2.75) is 0 Å². The van der Waals surface area contributed by atoms with Crippen molar-refractivity contribution in [2.24, 2.45) is 5.73 Å². The monoisotopic (exact) mass is 195 g/mol. The van der Waals surface area contributed by atoms with Gasteiger partial charge in [-0.3, -0.25) is 9.89 Å². The van der Waals surface area contributed by atoms with E-state index in [-0.39, 0.29) is 11.6 Å². The first-order valence-electron chi connectivity index (χ1n) is 3.72. The van der Waals surface area contributed by atoms with Crippen LogP contribution < -0.4 is 5.73 Å². The molecule has 4 N–H and O–H groups in total. The molecule has 2 aromatic heterocycles. The molecular weight excluding hydrogens is 186 g/mol. The highest BCUT2D eigenvalue weighted by molar-refractivity contribution is 5.90. The van der Waals surface area contributed by atoms with Gasteiger partial charge in [0.2, 0.25) is 0 Å². The van der Waals surface area contributed by atoms with Gasteiger partial charge >= 0.3 is 0 Å². The maximum absolute atomic E-state index is 10.2. The summed E-state index contributed by atoms with van der Waals surface area (Å²) in [5.74, 6) is -0.541. The quantitative estimate of drug-likeness (QED) is 0.615. The number of amides is 1. The Morgan fingerprint density at radius 1 is 1.57 bits per heavy atom. The van der Waals surface area contributed by atoms with Crippen LogP contribution >= 0.6 is 0 Å². The van der Waals surface area contributed by atoms with Crippen LogP contribution in [0, 0.1) is 0 Å². The summed E-state index contributed by atoms with van der Waals surface area (Å²) in [7, 11) is 0. The molecule has 0 bridgehead atoms. The highest BCUT2D eigenvalue weighted by Crippen LogP contribution is 2.04. The van der Waals surface area contributed by atoms with E-state index in [0.717, 1.165) is 0 Å². The summed E-state index contributed by atoms with van der Waals surface area (Å²) in [6.07, 6.45) is 2.95. The summed E-state index contributed by atoms with van der Waals surface area (Å²) in [6, 6.07) is 4.61. The standard InChI is InChI=1S/C4H5N3O.C4H4O2/c5-4(8)3-1-2-6-7-3;5-4-2-1-3-6-4/h1-2H,(H2,5,8)(H,6,7);1-3,5H. The molecule has 0 saturated carbocycles. The first-order chi connectivity index (χ1) is 6.70. The third kappa shape index (κ3) is 3.02. The second-order valence-corrected chi connectivity index (χ2v) is 2.28. The number of furan rings is 1. The number of aromatic amines is 1. The van der Waals surface area contributed by atoms with E-state index in [2.05, 4.69) is 14.6 Å². The highest BCUT2D eigenvalue weighted by Gasteiger charge is 1.97. The molecule has 0 aromatic carbocycles.